The number of hydrogen-bond acceptors (Lipinski definition) is 1. The van der Waals surface area contributed by atoms with Crippen LogP contribution in [0.2, 0.25) is 0 Å². The molecular formula is C17H26O. The lowest BCUT2D eigenvalue weighted by Crippen LogP contribution is -2.53. The van der Waals surface area contributed by atoms with Crippen LogP contribution in [0.1, 0.15) is 58.8 Å². The summed E-state index contributed by atoms with van der Waals surface area (Å²) in [5, 5.41) is 0. The zero-order chi connectivity index (χ0) is 12.9. The summed E-state index contributed by atoms with van der Waals surface area (Å²) in [4.78, 5) is 12.2. The maximum absolute atomic E-state index is 12.2. The highest BCUT2D eigenvalue weighted by Gasteiger charge is 2.56. The quantitative estimate of drug-likeness (QED) is 0.673. The van der Waals surface area contributed by atoms with E-state index in [0.29, 0.717) is 11.2 Å². The minimum absolute atomic E-state index is 0.323. The third-order valence-electron chi connectivity index (χ3n) is 6.39. The Morgan fingerprint density at radius 1 is 1.11 bits per heavy atom. The predicted octanol–water partition coefficient (Wildman–Crippen LogP) is 4.37. The third kappa shape index (κ3) is 1.70. The summed E-state index contributed by atoms with van der Waals surface area (Å²) in [5.74, 6) is 3.98. The molecule has 0 radical (unpaired) electrons. The molecule has 4 bridgehead atoms. The van der Waals surface area contributed by atoms with Gasteiger partial charge in [0.2, 0.25) is 0 Å². The lowest BCUT2D eigenvalue weighted by atomic mass is 9.43. The molecule has 0 aromatic rings. The molecule has 0 aromatic carbocycles. The molecule has 0 aromatic heterocycles. The van der Waals surface area contributed by atoms with Crippen molar-refractivity contribution in [1.82, 2.24) is 0 Å². The van der Waals surface area contributed by atoms with Gasteiger partial charge in [-0.1, -0.05) is 13.5 Å². The molecule has 0 saturated heterocycles. The summed E-state index contributed by atoms with van der Waals surface area (Å²) in [6.07, 6.45) is 9.10. The first-order valence-corrected chi connectivity index (χ1v) is 7.74. The Bertz CT molecular complexity index is 351. The molecule has 18 heavy (non-hydrogen) atoms. The normalized spacial score (nSPS) is 45.2. The van der Waals surface area contributed by atoms with Crippen LogP contribution in [0.15, 0.2) is 12.2 Å². The van der Waals surface area contributed by atoms with Gasteiger partial charge in [0.25, 0.3) is 0 Å². The van der Waals surface area contributed by atoms with Gasteiger partial charge in [0, 0.05) is 6.42 Å². The zero-order valence-electron chi connectivity index (χ0n) is 11.9. The molecule has 4 aliphatic carbocycles. The smallest absolute Gasteiger partial charge is 0.158 e. The molecule has 4 rings (SSSR count). The molecule has 1 nitrogen and oxygen atoms in total. The molecule has 0 aliphatic heterocycles. The molecule has 4 fully saturated rings. The van der Waals surface area contributed by atoms with Crippen LogP contribution in [0.4, 0.5) is 0 Å². The maximum Gasteiger partial charge on any atom is 0.158 e. The monoisotopic (exact) mass is 246 g/mol. The Balaban J connectivity index is 1.87. The molecule has 0 spiro atoms. The number of Topliss-reactive ketones (excluding diaryl/α,β-unsaturated/α-hetero) is 1. The van der Waals surface area contributed by atoms with Crippen LogP contribution < -0.4 is 0 Å². The Kier molecular flexibility index (Phi) is 2.91. The number of rotatable bonds is 4. The lowest BCUT2D eigenvalue weighted by Gasteiger charge is -2.61. The summed E-state index contributed by atoms with van der Waals surface area (Å²) in [5.41, 5.74) is 1.10. The van der Waals surface area contributed by atoms with Gasteiger partial charge in [-0.3, -0.25) is 4.79 Å². The number of allylic oxidation sites excluding steroid dienone is 1. The van der Waals surface area contributed by atoms with Crippen LogP contribution in [-0.4, -0.2) is 5.78 Å². The van der Waals surface area contributed by atoms with E-state index in [1.807, 2.05) is 6.92 Å². The highest BCUT2D eigenvalue weighted by atomic mass is 16.1. The Hall–Kier alpha value is -0.590. The Morgan fingerprint density at radius 2 is 1.61 bits per heavy atom. The highest BCUT2D eigenvalue weighted by Crippen LogP contribution is 2.64. The lowest BCUT2D eigenvalue weighted by molar-refractivity contribution is -0.137. The van der Waals surface area contributed by atoms with Crippen molar-refractivity contribution < 1.29 is 4.79 Å². The van der Waals surface area contributed by atoms with E-state index in [2.05, 4.69) is 13.5 Å². The minimum Gasteiger partial charge on any atom is -0.295 e. The SMILES string of the molecule is C=C(C)C(=O)CC1(CC)C2CC3CC(C2)CC1C3. The van der Waals surface area contributed by atoms with E-state index >= 15 is 0 Å². The van der Waals surface area contributed by atoms with Gasteiger partial charge in [0.1, 0.15) is 0 Å². The first-order valence-electron chi connectivity index (χ1n) is 7.74. The van der Waals surface area contributed by atoms with Gasteiger partial charge in [-0.25, -0.2) is 0 Å². The third-order valence-corrected chi connectivity index (χ3v) is 6.39. The molecule has 0 N–H and O–H groups in total. The Labute approximate surface area is 111 Å². The molecular weight excluding hydrogens is 220 g/mol. The van der Waals surface area contributed by atoms with Gasteiger partial charge in [-0.2, -0.15) is 0 Å². The van der Waals surface area contributed by atoms with Gasteiger partial charge in [0.05, 0.1) is 0 Å². The number of ketones is 1. The molecule has 4 saturated carbocycles. The van der Waals surface area contributed by atoms with Gasteiger partial charge in [-0.05, 0) is 80.1 Å². The minimum atomic E-state index is 0.323. The topological polar surface area (TPSA) is 17.1 Å². The molecule has 0 heterocycles. The number of carbonyl (C=O) groups is 1. The largest absolute Gasteiger partial charge is 0.295 e. The van der Waals surface area contributed by atoms with Crippen molar-refractivity contribution in [2.75, 3.05) is 0 Å². The Morgan fingerprint density at radius 3 is 2.00 bits per heavy atom. The summed E-state index contributed by atoms with van der Waals surface area (Å²) >= 11 is 0. The van der Waals surface area contributed by atoms with E-state index in [1.165, 1.54) is 38.5 Å². The summed E-state index contributed by atoms with van der Waals surface area (Å²) in [6, 6.07) is 0. The zero-order valence-corrected chi connectivity index (χ0v) is 11.9. The number of carbonyl (C=O) groups excluding carboxylic acids is 1. The fraction of sp³-hybridized carbons (Fsp3) is 0.824. The molecule has 0 amide bonds. The fourth-order valence-corrected chi connectivity index (χ4v) is 5.56. The van der Waals surface area contributed by atoms with Crippen LogP contribution in [0.25, 0.3) is 0 Å². The fourth-order valence-electron chi connectivity index (χ4n) is 5.56. The van der Waals surface area contributed by atoms with Crippen molar-refractivity contribution >= 4 is 5.78 Å². The van der Waals surface area contributed by atoms with Crippen LogP contribution >= 0.6 is 0 Å². The second-order valence-corrected chi connectivity index (χ2v) is 7.27. The first-order chi connectivity index (χ1) is 8.55. The van der Waals surface area contributed by atoms with Crippen LogP contribution in [0, 0.1) is 29.1 Å². The second-order valence-electron chi connectivity index (χ2n) is 7.27. The van der Waals surface area contributed by atoms with Crippen LogP contribution in [0.3, 0.4) is 0 Å². The molecule has 0 unspecified atom stereocenters. The van der Waals surface area contributed by atoms with E-state index < -0.39 is 0 Å². The summed E-state index contributed by atoms with van der Waals surface area (Å²) < 4.78 is 0. The van der Waals surface area contributed by atoms with Crippen molar-refractivity contribution in [2.45, 2.75) is 58.8 Å². The van der Waals surface area contributed by atoms with Crippen LogP contribution in [0.5, 0.6) is 0 Å². The maximum atomic E-state index is 12.2. The highest BCUT2D eigenvalue weighted by molar-refractivity contribution is 5.94. The standard InChI is InChI=1S/C17H26O/c1-4-17(10-16(18)11(2)3)14-6-12-5-13(8-14)9-15(17)7-12/h12-15H,2,4-10H2,1,3H3. The van der Waals surface area contributed by atoms with Crippen molar-refractivity contribution in [3.05, 3.63) is 12.2 Å². The van der Waals surface area contributed by atoms with E-state index in [0.717, 1.165) is 35.7 Å². The van der Waals surface area contributed by atoms with E-state index in [-0.39, 0.29) is 0 Å². The summed E-state index contributed by atoms with van der Waals surface area (Å²) in [6.45, 7) is 8.04. The van der Waals surface area contributed by atoms with Crippen molar-refractivity contribution in [1.29, 1.82) is 0 Å². The average molecular weight is 246 g/mol. The number of hydrogen-bond donors (Lipinski definition) is 0. The second kappa shape index (κ2) is 4.21. The molecule has 4 aliphatic rings. The van der Waals surface area contributed by atoms with Crippen LogP contribution in [-0.2, 0) is 4.79 Å². The van der Waals surface area contributed by atoms with E-state index in [1.54, 1.807) is 0 Å². The van der Waals surface area contributed by atoms with Gasteiger partial charge >= 0.3 is 0 Å². The van der Waals surface area contributed by atoms with Gasteiger partial charge < -0.3 is 0 Å². The predicted molar refractivity (Wildman–Crippen MR) is 74.2 cm³/mol. The van der Waals surface area contributed by atoms with Gasteiger partial charge in [-0.15, -0.1) is 0 Å². The summed E-state index contributed by atoms with van der Waals surface area (Å²) in [7, 11) is 0. The molecule has 0 atom stereocenters. The average Bonchev–Trinajstić information content (AvgIpc) is 2.32. The molecule has 1 heteroatoms. The van der Waals surface area contributed by atoms with Gasteiger partial charge in [0.15, 0.2) is 5.78 Å². The van der Waals surface area contributed by atoms with Crippen molar-refractivity contribution in [3.8, 4) is 0 Å². The van der Waals surface area contributed by atoms with Crippen molar-refractivity contribution in [3.63, 3.8) is 0 Å². The first kappa shape index (κ1) is 12.4. The molecule has 100 valence electrons. The van der Waals surface area contributed by atoms with E-state index in [9.17, 15) is 4.79 Å². The van der Waals surface area contributed by atoms with Crippen molar-refractivity contribution in [2.24, 2.45) is 29.1 Å². The van der Waals surface area contributed by atoms with E-state index in [4.69, 9.17) is 0 Å².